The van der Waals surface area contributed by atoms with Crippen LogP contribution in [0.25, 0.3) is 0 Å². The van der Waals surface area contributed by atoms with E-state index in [1.54, 1.807) is 20.8 Å². The van der Waals surface area contributed by atoms with Crippen molar-refractivity contribution >= 4 is 29.3 Å². The van der Waals surface area contributed by atoms with Gasteiger partial charge in [0.15, 0.2) is 0 Å². The van der Waals surface area contributed by atoms with Crippen LogP contribution in [-0.2, 0) is 9.53 Å². The first-order valence-electron chi connectivity index (χ1n) is 5.71. The summed E-state index contributed by atoms with van der Waals surface area (Å²) in [6.07, 6.45) is -2.76. The van der Waals surface area contributed by atoms with Crippen LogP contribution in [0.2, 0.25) is 5.02 Å². The minimum absolute atomic E-state index is 0.125. The number of carbonyl (C=O) groups is 2. The summed E-state index contributed by atoms with van der Waals surface area (Å²) in [7, 11) is 0. The van der Waals surface area contributed by atoms with Gasteiger partial charge in [0, 0.05) is 10.6 Å². The molecule has 0 saturated carbocycles. The fourth-order valence-corrected chi connectivity index (χ4v) is 1.95. The summed E-state index contributed by atoms with van der Waals surface area (Å²) >= 11 is 5.81. The van der Waals surface area contributed by atoms with Gasteiger partial charge in [0.25, 0.3) is 5.91 Å². The summed E-state index contributed by atoms with van der Waals surface area (Å²) in [6, 6.07) is 4.24. The zero-order chi connectivity index (χ0) is 14.4. The summed E-state index contributed by atoms with van der Waals surface area (Å²) in [5.41, 5.74) is -0.510. The molecule has 1 unspecified atom stereocenters. The molecule has 19 heavy (non-hydrogen) atoms. The summed E-state index contributed by atoms with van der Waals surface area (Å²) in [4.78, 5) is 24.5. The second kappa shape index (κ2) is 4.49. The summed E-state index contributed by atoms with van der Waals surface area (Å²) < 4.78 is 18.9. The van der Waals surface area contributed by atoms with Crippen molar-refractivity contribution in [3.63, 3.8) is 0 Å². The molecule has 0 aliphatic carbocycles. The molecule has 6 heteroatoms. The highest BCUT2D eigenvalue weighted by Crippen LogP contribution is 2.40. The van der Waals surface area contributed by atoms with Crippen LogP contribution in [0.15, 0.2) is 18.2 Å². The Morgan fingerprint density at radius 3 is 2.63 bits per heavy atom. The van der Waals surface area contributed by atoms with E-state index in [1.165, 1.54) is 18.2 Å². The first-order chi connectivity index (χ1) is 8.70. The van der Waals surface area contributed by atoms with Crippen molar-refractivity contribution in [1.29, 1.82) is 0 Å². The van der Waals surface area contributed by atoms with E-state index in [9.17, 15) is 14.0 Å². The average molecular weight is 286 g/mol. The quantitative estimate of drug-likeness (QED) is 0.731. The molecule has 4 nitrogen and oxygen atoms in total. The zero-order valence-electron chi connectivity index (χ0n) is 10.7. The molecule has 1 heterocycles. The number of fused-ring (bicyclic) bond motifs is 1. The number of hydrogen-bond donors (Lipinski definition) is 0. The number of rotatable bonds is 0. The fraction of sp³-hybridized carbons (Fsp3) is 0.385. The van der Waals surface area contributed by atoms with Gasteiger partial charge < -0.3 is 4.74 Å². The highest BCUT2D eigenvalue weighted by Gasteiger charge is 2.43. The Kier molecular flexibility index (Phi) is 3.26. The van der Waals surface area contributed by atoms with Gasteiger partial charge in [0.05, 0.1) is 5.69 Å². The number of alkyl halides is 1. The Morgan fingerprint density at radius 2 is 2.05 bits per heavy atom. The monoisotopic (exact) mass is 285 g/mol. The van der Waals surface area contributed by atoms with Crippen LogP contribution >= 0.6 is 11.6 Å². The molecule has 102 valence electrons. The Balaban J connectivity index is 2.40. The molecule has 2 amide bonds. The van der Waals surface area contributed by atoms with Crippen LogP contribution in [-0.4, -0.2) is 17.6 Å². The van der Waals surface area contributed by atoms with E-state index in [0.29, 0.717) is 9.92 Å². The van der Waals surface area contributed by atoms with Crippen LogP contribution in [0.4, 0.5) is 14.9 Å². The smallest absolute Gasteiger partial charge is 0.421 e. The molecule has 0 bridgehead atoms. The molecule has 1 aliphatic rings. The van der Waals surface area contributed by atoms with Crippen LogP contribution in [0.5, 0.6) is 0 Å². The molecule has 0 radical (unpaired) electrons. The number of amides is 2. The molecule has 0 fully saturated rings. The van der Waals surface area contributed by atoms with Crippen molar-refractivity contribution in [2.45, 2.75) is 32.5 Å². The van der Waals surface area contributed by atoms with Crippen LogP contribution in [0, 0.1) is 0 Å². The molecular weight excluding hydrogens is 273 g/mol. The van der Waals surface area contributed by atoms with Crippen molar-refractivity contribution < 1.29 is 18.7 Å². The lowest BCUT2D eigenvalue weighted by Gasteiger charge is -2.23. The molecule has 1 aliphatic heterocycles. The third-order valence-corrected chi connectivity index (χ3v) is 2.75. The Hall–Kier alpha value is -1.62. The van der Waals surface area contributed by atoms with Gasteiger partial charge in [-0.05, 0) is 32.9 Å². The highest BCUT2D eigenvalue weighted by atomic mass is 35.5. The third kappa shape index (κ3) is 2.56. The van der Waals surface area contributed by atoms with Crippen molar-refractivity contribution in [3.05, 3.63) is 28.8 Å². The standard InChI is InChI=1S/C13H13ClFNO3/c1-13(2,3)19-12(18)16-9-6-7(14)4-5-8(9)10(15)11(16)17/h4-6,10H,1-3H3. The highest BCUT2D eigenvalue weighted by molar-refractivity contribution is 6.31. The van der Waals surface area contributed by atoms with Crippen LogP contribution in [0.3, 0.4) is 0 Å². The van der Waals surface area contributed by atoms with Crippen molar-refractivity contribution in [1.82, 2.24) is 0 Å². The van der Waals surface area contributed by atoms with Gasteiger partial charge in [-0.15, -0.1) is 0 Å². The molecule has 2 rings (SSSR count). The maximum Gasteiger partial charge on any atom is 0.421 e. The van der Waals surface area contributed by atoms with Gasteiger partial charge in [-0.1, -0.05) is 17.7 Å². The van der Waals surface area contributed by atoms with Gasteiger partial charge in [-0.3, -0.25) is 4.79 Å². The Bertz CT molecular complexity index is 553. The molecule has 0 spiro atoms. The van der Waals surface area contributed by atoms with Gasteiger partial charge in [-0.25, -0.2) is 14.1 Å². The van der Waals surface area contributed by atoms with E-state index in [0.717, 1.165) is 0 Å². The van der Waals surface area contributed by atoms with Crippen LogP contribution in [0.1, 0.15) is 32.5 Å². The molecule has 0 N–H and O–H groups in total. The van der Waals surface area contributed by atoms with Gasteiger partial charge in [0.1, 0.15) is 5.60 Å². The fourth-order valence-electron chi connectivity index (χ4n) is 1.79. The first-order valence-corrected chi connectivity index (χ1v) is 6.09. The van der Waals surface area contributed by atoms with Crippen molar-refractivity contribution in [3.8, 4) is 0 Å². The minimum atomic E-state index is -1.86. The molecule has 1 aromatic carbocycles. The van der Waals surface area contributed by atoms with Crippen LogP contribution < -0.4 is 4.90 Å². The van der Waals surface area contributed by atoms with E-state index in [1.807, 2.05) is 0 Å². The number of hydrogen-bond acceptors (Lipinski definition) is 3. The number of benzene rings is 1. The van der Waals surface area contributed by atoms with E-state index >= 15 is 0 Å². The first kappa shape index (κ1) is 13.8. The SMILES string of the molecule is CC(C)(C)OC(=O)N1C(=O)C(F)c2ccc(Cl)cc21. The molecule has 1 aromatic rings. The van der Waals surface area contributed by atoms with Gasteiger partial charge in [-0.2, -0.15) is 0 Å². The molecular formula is C13H13ClFNO3. The maximum atomic E-state index is 13.8. The normalized spacial score (nSPS) is 18.5. The number of anilines is 1. The molecule has 0 saturated heterocycles. The number of halogens is 2. The summed E-state index contributed by atoms with van der Waals surface area (Å²) in [6.45, 7) is 4.99. The second-order valence-electron chi connectivity index (χ2n) is 5.22. The number of ether oxygens (including phenoxy) is 1. The zero-order valence-corrected chi connectivity index (χ0v) is 11.5. The Labute approximate surface area is 115 Å². The largest absolute Gasteiger partial charge is 0.443 e. The molecule has 1 atom stereocenters. The number of carbonyl (C=O) groups excluding carboxylic acids is 2. The lowest BCUT2D eigenvalue weighted by atomic mass is 10.1. The second-order valence-corrected chi connectivity index (χ2v) is 5.66. The summed E-state index contributed by atoms with van der Waals surface area (Å²) in [5.74, 6) is -0.952. The number of imide groups is 1. The molecule has 0 aromatic heterocycles. The number of nitrogens with zero attached hydrogens (tertiary/aromatic N) is 1. The van der Waals surface area contributed by atoms with E-state index in [-0.39, 0.29) is 11.3 Å². The maximum absolute atomic E-state index is 13.8. The Morgan fingerprint density at radius 1 is 1.42 bits per heavy atom. The predicted octanol–water partition coefficient (Wildman–Crippen LogP) is 3.63. The van der Waals surface area contributed by atoms with E-state index in [2.05, 4.69) is 0 Å². The van der Waals surface area contributed by atoms with E-state index < -0.39 is 23.8 Å². The minimum Gasteiger partial charge on any atom is -0.443 e. The van der Waals surface area contributed by atoms with Gasteiger partial charge in [0.2, 0.25) is 6.17 Å². The lowest BCUT2D eigenvalue weighted by Crippen LogP contribution is -2.39. The topological polar surface area (TPSA) is 46.6 Å². The summed E-state index contributed by atoms with van der Waals surface area (Å²) in [5, 5.41) is 0.314. The average Bonchev–Trinajstić information content (AvgIpc) is 2.48. The third-order valence-electron chi connectivity index (χ3n) is 2.52. The van der Waals surface area contributed by atoms with E-state index in [4.69, 9.17) is 16.3 Å². The lowest BCUT2D eigenvalue weighted by molar-refractivity contribution is -0.122. The van der Waals surface area contributed by atoms with Crippen molar-refractivity contribution in [2.75, 3.05) is 4.90 Å². The van der Waals surface area contributed by atoms with Gasteiger partial charge >= 0.3 is 6.09 Å². The predicted molar refractivity (Wildman–Crippen MR) is 69.0 cm³/mol. The van der Waals surface area contributed by atoms with Crippen molar-refractivity contribution in [2.24, 2.45) is 0 Å².